The number of nitrogens with zero attached hydrogens (tertiary/aromatic N) is 2. The van der Waals surface area contributed by atoms with Crippen LogP contribution in [0.3, 0.4) is 0 Å². The highest BCUT2D eigenvalue weighted by atomic mass is 32.1. The monoisotopic (exact) mass is 295 g/mol. The van der Waals surface area contributed by atoms with Gasteiger partial charge in [0.05, 0.1) is 5.69 Å². The summed E-state index contributed by atoms with van der Waals surface area (Å²) in [5.74, 6) is 0.561. The normalized spacial score (nSPS) is 17.6. The van der Waals surface area contributed by atoms with Crippen molar-refractivity contribution in [1.29, 1.82) is 0 Å². The van der Waals surface area contributed by atoms with Crippen LogP contribution in [0.2, 0.25) is 0 Å². The Morgan fingerprint density at radius 3 is 2.65 bits per heavy atom. The molecule has 0 saturated heterocycles. The van der Waals surface area contributed by atoms with Gasteiger partial charge in [-0.3, -0.25) is 0 Å². The highest BCUT2D eigenvalue weighted by molar-refractivity contribution is 7.15. The molecule has 114 valence electrons. The Balaban J connectivity index is 2.18. The summed E-state index contributed by atoms with van der Waals surface area (Å²) in [4.78, 5) is 8.84. The molecular weight excluding hydrogens is 266 g/mol. The zero-order valence-electron chi connectivity index (χ0n) is 13.4. The Bertz CT molecular complexity index is 410. The van der Waals surface area contributed by atoms with Gasteiger partial charge in [-0.2, -0.15) is 0 Å². The first-order valence-electron chi connectivity index (χ1n) is 8.10. The van der Waals surface area contributed by atoms with Crippen molar-refractivity contribution in [2.75, 3.05) is 18.5 Å². The molecule has 0 aromatic carbocycles. The van der Waals surface area contributed by atoms with Crippen molar-refractivity contribution in [3.63, 3.8) is 0 Å². The molecule has 0 amide bonds. The standard InChI is InChI=1S/C16H29N3S/c1-5-12(3)15-14(11-17-6-2)20-16(18-15)19(4)13-9-7-8-10-13/h12-13,17H,5-11H2,1-4H3. The number of hydrogen-bond acceptors (Lipinski definition) is 4. The van der Waals surface area contributed by atoms with Gasteiger partial charge in [0.2, 0.25) is 0 Å². The fourth-order valence-corrected chi connectivity index (χ4v) is 4.08. The first-order chi connectivity index (χ1) is 9.67. The fourth-order valence-electron chi connectivity index (χ4n) is 2.89. The van der Waals surface area contributed by atoms with Crippen LogP contribution in [0, 0.1) is 0 Å². The van der Waals surface area contributed by atoms with Gasteiger partial charge >= 0.3 is 0 Å². The van der Waals surface area contributed by atoms with E-state index in [1.54, 1.807) is 0 Å². The predicted octanol–water partition coefficient (Wildman–Crippen LogP) is 4.14. The molecule has 1 aromatic heterocycles. The van der Waals surface area contributed by atoms with Crippen molar-refractivity contribution in [3.8, 4) is 0 Å². The first kappa shape index (κ1) is 15.8. The summed E-state index contributed by atoms with van der Waals surface area (Å²) >= 11 is 1.89. The van der Waals surface area contributed by atoms with E-state index in [9.17, 15) is 0 Å². The highest BCUT2D eigenvalue weighted by Crippen LogP contribution is 2.35. The minimum absolute atomic E-state index is 0.561. The predicted molar refractivity (Wildman–Crippen MR) is 88.9 cm³/mol. The van der Waals surface area contributed by atoms with Gasteiger partial charge in [0.25, 0.3) is 0 Å². The van der Waals surface area contributed by atoms with E-state index < -0.39 is 0 Å². The Kier molecular flexibility index (Phi) is 5.85. The van der Waals surface area contributed by atoms with E-state index in [-0.39, 0.29) is 0 Å². The van der Waals surface area contributed by atoms with E-state index in [1.807, 2.05) is 11.3 Å². The Hall–Kier alpha value is -0.610. The van der Waals surface area contributed by atoms with Gasteiger partial charge in [-0.05, 0) is 31.7 Å². The van der Waals surface area contributed by atoms with Crippen LogP contribution in [0.25, 0.3) is 0 Å². The fraction of sp³-hybridized carbons (Fsp3) is 0.812. The quantitative estimate of drug-likeness (QED) is 0.819. The van der Waals surface area contributed by atoms with Crippen LogP contribution in [0.15, 0.2) is 0 Å². The van der Waals surface area contributed by atoms with E-state index in [1.165, 1.54) is 41.4 Å². The van der Waals surface area contributed by atoms with E-state index in [0.717, 1.165) is 19.5 Å². The average Bonchev–Trinajstić information content (AvgIpc) is 3.12. The van der Waals surface area contributed by atoms with Crippen molar-refractivity contribution in [1.82, 2.24) is 10.3 Å². The summed E-state index contributed by atoms with van der Waals surface area (Å²) in [6.45, 7) is 8.69. The maximum Gasteiger partial charge on any atom is 0.185 e. The second-order valence-electron chi connectivity index (χ2n) is 5.94. The highest BCUT2D eigenvalue weighted by Gasteiger charge is 2.24. The molecule has 0 radical (unpaired) electrons. The third-order valence-electron chi connectivity index (χ3n) is 4.51. The van der Waals surface area contributed by atoms with Crippen LogP contribution >= 0.6 is 11.3 Å². The maximum atomic E-state index is 4.98. The molecule has 3 nitrogen and oxygen atoms in total. The van der Waals surface area contributed by atoms with Crippen LogP contribution in [0.4, 0.5) is 5.13 Å². The van der Waals surface area contributed by atoms with E-state index in [2.05, 4.69) is 38.0 Å². The molecule has 4 heteroatoms. The Morgan fingerprint density at radius 1 is 1.35 bits per heavy atom. The molecule has 1 atom stereocenters. The Labute approximate surface area is 127 Å². The topological polar surface area (TPSA) is 28.2 Å². The molecule has 1 aliphatic carbocycles. The molecule has 20 heavy (non-hydrogen) atoms. The lowest BCUT2D eigenvalue weighted by Gasteiger charge is -2.23. The van der Waals surface area contributed by atoms with E-state index in [4.69, 9.17) is 4.98 Å². The van der Waals surface area contributed by atoms with Crippen molar-refractivity contribution >= 4 is 16.5 Å². The lowest BCUT2D eigenvalue weighted by Crippen LogP contribution is -2.28. The summed E-state index contributed by atoms with van der Waals surface area (Å²) in [5, 5.41) is 4.68. The molecule has 1 fully saturated rings. The zero-order chi connectivity index (χ0) is 14.5. The SMILES string of the molecule is CCNCc1sc(N(C)C2CCCC2)nc1C(C)CC. The average molecular weight is 295 g/mol. The lowest BCUT2D eigenvalue weighted by molar-refractivity contribution is 0.644. The van der Waals surface area contributed by atoms with E-state index >= 15 is 0 Å². The summed E-state index contributed by atoms with van der Waals surface area (Å²) < 4.78 is 0. The molecule has 1 unspecified atom stereocenters. The van der Waals surface area contributed by atoms with E-state index in [0.29, 0.717) is 12.0 Å². The van der Waals surface area contributed by atoms with Crippen molar-refractivity contribution in [3.05, 3.63) is 10.6 Å². The summed E-state index contributed by atoms with van der Waals surface area (Å²) in [6, 6.07) is 0.706. The van der Waals surface area contributed by atoms with Gasteiger partial charge in [-0.25, -0.2) is 4.98 Å². The smallest absolute Gasteiger partial charge is 0.185 e. The zero-order valence-corrected chi connectivity index (χ0v) is 14.2. The lowest BCUT2D eigenvalue weighted by atomic mass is 10.0. The third kappa shape index (κ3) is 3.53. The van der Waals surface area contributed by atoms with Crippen molar-refractivity contribution < 1.29 is 0 Å². The summed E-state index contributed by atoms with van der Waals surface area (Å²) in [7, 11) is 2.23. The number of aromatic nitrogens is 1. The largest absolute Gasteiger partial charge is 0.348 e. The number of hydrogen-bond donors (Lipinski definition) is 1. The van der Waals surface area contributed by atoms with Crippen molar-refractivity contribution in [2.45, 2.75) is 71.4 Å². The Morgan fingerprint density at radius 2 is 2.05 bits per heavy atom. The molecule has 1 aliphatic rings. The van der Waals surface area contributed by atoms with Crippen LogP contribution in [-0.4, -0.2) is 24.6 Å². The minimum Gasteiger partial charge on any atom is -0.348 e. The number of thiazole rings is 1. The number of nitrogens with one attached hydrogen (secondary N) is 1. The molecule has 2 rings (SSSR count). The maximum absolute atomic E-state index is 4.98. The van der Waals surface area contributed by atoms with Gasteiger partial charge in [0.1, 0.15) is 0 Å². The number of rotatable bonds is 7. The van der Waals surface area contributed by atoms with Gasteiger partial charge in [-0.1, -0.05) is 33.6 Å². The third-order valence-corrected chi connectivity index (χ3v) is 5.67. The molecule has 1 saturated carbocycles. The molecule has 1 aromatic rings. The number of anilines is 1. The summed E-state index contributed by atoms with van der Waals surface area (Å²) in [6.07, 6.45) is 6.58. The molecule has 0 aliphatic heterocycles. The second kappa shape index (κ2) is 7.41. The molecule has 1 N–H and O–H groups in total. The van der Waals surface area contributed by atoms with Gasteiger partial charge in [-0.15, -0.1) is 11.3 Å². The van der Waals surface area contributed by atoms with Gasteiger partial charge < -0.3 is 10.2 Å². The molecule has 1 heterocycles. The van der Waals surface area contributed by atoms with Crippen molar-refractivity contribution in [2.24, 2.45) is 0 Å². The van der Waals surface area contributed by atoms with Crippen LogP contribution in [0.5, 0.6) is 0 Å². The second-order valence-corrected chi connectivity index (χ2v) is 7.01. The first-order valence-corrected chi connectivity index (χ1v) is 8.92. The molecular formula is C16H29N3S. The van der Waals surface area contributed by atoms with Gasteiger partial charge in [0, 0.05) is 24.5 Å². The molecule has 0 spiro atoms. The van der Waals surface area contributed by atoms with Crippen LogP contribution < -0.4 is 10.2 Å². The summed E-state index contributed by atoms with van der Waals surface area (Å²) in [5.41, 5.74) is 1.32. The van der Waals surface area contributed by atoms with Crippen LogP contribution in [-0.2, 0) is 6.54 Å². The molecule has 0 bridgehead atoms. The van der Waals surface area contributed by atoms with Crippen LogP contribution in [0.1, 0.15) is 69.4 Å². The minimum atomic E-state index is 0.561. The van der Waals surface area contributed by atoms with Gasteiger partial charge in [0.15, 0.2) is 5.13 Å².